The fraction of sp³-hybridized carbons (Fsp3) is 0.667. The number of hydrogen-bond donors (Lipinski definition) is 0. The van der Waals surface area contributed by atoms with E-state index in [9.17, 15) is 4.55 Å². The van der Waals surface area contributed by atoms with Gasteiger partial charge < -0.3 is 9.29 Å². The van der Waals surface area contributed by atoms with Crippen LogP contribution in [0.4, 0.5) is 0 Å². The lowest BCUT2D eigenvalue weighted by Gasteiger charge is -2.44. The van der Waals surface area contributed by atoms with Crippen LogP contribution in [0.25, 0.3) is 0 Å². The number of halogens is 1. The summed E-state index contributed by atoms with van der Waals surface area (Å²) in [6.07, 6.45) is 3.33. The van der Waals surface area contributed by atoms with E-state index in [0.717, 1.165) is 29.4 Å². The average Bonchev–Trinajstić information content (AvgIpc) is 2.79. The molecule has 0 amide bonds. The predicted octanol–water partition coefficient (Wildman–Crippen LogP) is 5.32. The summed E-state index contributed by atoms with van der Waals surface area (Å²) in [5.74, 6) is 0.907. The van der Waals surface area contributed by atoms with E-state index in [0.29, 0.717) is 11.8 Å². The Hall–Kier alpha value is -0.360. The molecular formula is C21H30BrNO2S. The number of rotatable bonds is 2. The summed E-state index contributed by atoms with van der Waals surface area (Å²) in [7, 11) is 1.82. The Labute approximate surface area is 169 Å². The molecule has 0 bridgehead atoms. The molecule has 1 fully saturated rings. The summed E-state index contributed by atoms with van der Waals surface area (Å²) in [5, 5.41) is 0. The summed E-state index contributed by atoms with van der Waals surface area (Å²) >= 11 is 2.34. The van der Waals surface area contributed by atoms with Crippen molar-refractivity contribution in [3.63, 3.8) is 0 Å². The molecule has 0 aliphatic heterocycles. The molecular weight excluding hydrogens is 410 g/mol. The van der Waals surface area contributed by atoms with Gasteiger partial charge in [0.1, 0.15) is 21.8 Å². The van der Waals surface area contributed by atoms with Crippen LogP contribution < -0.4 is 0 Å². The maximum Gasteiger partial charge on any atom is 0.144 e. The van der Waals surface area contributed by atoms with Gasteiger partial charge in [0.15, 0.2) is 0 Å². The first-order valence-electron chi connectivity index (χ1n) is 9.40. The number of fused-ring (bicyclic) bond motifs is 1. The second-order valence-corrected chi connectivity index (χ2v) is 11.9. The van der Waals surface area contributed by atoms with Gasteiger partial charge in [-0.2, -0.15) is 0 Å². The molecule has 1 saturated carbocycles. The third-order valence-electron chi connectivity index (χ3n) is 5.88. The zero-order valence-electron chi connectivity index (χ0n) is 16.6. The van der Waals surface area contributed by atoms with Crippen LogP contribution in [0.15, 0.2) is 27.1 Å². The smallest absolute Gasteiger partial charge is 0.144 e. The first kappa shape index (κ1) is 20.4. The molecule has 0 saturated heterocycles. The molecule has 5 heteroatoms. The Morgan fingerprint density at radius 1 is 1.23 bits per heavy atom. The van der Waals surface area contributed by atoms with Crippen molar-refractivity contribution >= 4 is 33.0 Å². The lowest BCUT2D eigenvalue weighted by atomic mass is 9.63. The van der Waals surface area contributed by atoms with Crippen LogP contribution >= 0.6 is 15.9 Å². The normalized spacial score (nSPS) is 34.3. The third-order valence-corrected chi connectivity index (χ3v) is 7.76. The van der Waals surface area contributed by atoms with Gasteiger partial charge in [-0.05, 0) is 69.6 Å². The SMILES string of the molecule is CO[C@H]1[C@H](C)C[C@@]2(Cc3ccc(Br)cc3/C2=N\[S@@+]([O-])C(C)(C)C)C[C@@H]1C. The molecule has 0 radical (unpaired) electrons. The second-order valence-electron chi connectivity index (χ2n) is 9.12. The van der Waals surface area contributed by atoms with Crippen molar-refractivity contribution in [3.8, 4) is 0 Å². The molecule has 2 aliphatic rings. The van der Waals surface area contributed by atoms with E-state index in [1.54, 1.807) is 0 Å². The van der Waals surface area contributed by atoms with E-state index in [-0.39, 0.29) is 16.3 Å². The maximum atomic E-state index is 12.9. The van der Waals surface area contributed by atoms with E-state index < -0.39 is 11.4 Å². The highest BCUT2D eigenvalue weighted by Crippen LogP contribution is 2.52. The fourth-order valence-corrected chi connectivity index (χ4v) is 6.03. The van der Waals surface area contributed by atoms with E-state index in [2.05, 4.69) is 48.0 Å². The monoisotopic (exact) mass is 439 g/mol. The molecule has 3 nitrogen and oxygen atoms in total. The van der Waals surface area contributed by atoms with Crippen molar-refractivity contribution in [2.75, 3.05) is 7.11 Å². The topological polar surface area (TPSA) is 44.6 Å². The molecule has 26 heavy (non-hydrogen) atoms. The predicted molar refractivity (Wildman–Crippen MR) is 113 cm³/mol. The number of benzene rings is 1. The number of ether oxygens (including phenoxy) is 1. The number of nitrogens with zero attached hydrogens (tertiary/aromatic N) is 1. The molecule has 0 unspecified atom stereocenters. The lowest BCUT2D eigenvalue weighted by molar-refractivity contribution is -0.0342. The Balaban J connectivity index is 2.09. The average molecular weight is 440 g/mol. The summed E-state index contributed by atoms with van der Waals surface area (Å²) in [6.45, 7) is 10.5. The van der Waals surface area contributed by atoms with Crippen LogP contribution in [0, 0.1) is 17.3 Å². The Kier molecular flexibility index (Phi) is 5.67. The van der Waals surface area contributed by atoms with Crippen molar-refractivity contribution in [1.82, 2.24) is 0 Å². The van der Waals surface area contributed by atoms with Gasteiger partial charge in [-0.25, -0.2) is 0 Å². The van der Waals surface area contributed by atoms with Crippen LogP contribution in [0.1, 0.15) is 58.6 Å². The lowest BCUT2D eigenvalue weighted by Crippen LogP contribution is -2.45. The van der Waals surface area contributed by atoms with Gasteiger partial charge in [-0.15, -0.1) is 0 Å². The fourth-order valence-electron chi connectivity index (χ4n) is 4.93. The van der Waals surface area contributed by atoms with Gasteiger partial charge in [0.2, 0.25) is 0 Å². The van der Waals surface area contributed by atoms with Gasteiger partial charge in [0.25, 0.3) is 0 Å². The standard InChI is InChI=1S/C21H30BrNO2S/c1-13-10-21(11-14(2)18(13)25-6)12-15-7-8-16(22)9-17(15)19(21)23-26(24)20(3,4)5/h7-9,13-14,18H,10-12H2,1-6H3/b23-19+/t13-,14+,18+,21+,26-/m0/s1. The molecule has 1 spiro atoms. The van der Waals surface area contributed by atoms with Crippen molar-refractivity contribution in [2.24, 2.45) is 21.6 Å². The first-order chi connectivity index (χ1) is 12.1. The minimum absolute atomic E-state index is 0.0299. The molecule has 3 rings (SSSR count). The highest BCUT2D eigenvalue weighted by molar-refractivity contribution is 9.10. The number of methoxy groups -OCH3 is 1. The van der Waals surface area contributed by atoms with Crippen molar-refractivity contribution in [2.45, 2.75) is 64.7 Å². The molecule has 144 valence electrons. The summed E-state index contributed by atoms with van der Waals surface area (Å²) < 4.78 is 24.2. The molecule has 1 aromatic carbocycles. The number of hydrogen-bond acceptors (Lipinski definition) is 3. The zero-order chi connectivity index (χ0) is 19.3. The van der Waals surface area contributed by atoms with Crippen molar-refractivity contribution in [1.29, 1.82) is 0 Å². The second kappa shape index (κ2) is 7.23. The summed E-state index contributed by atoms with van der Waals surface area (Å²) in [4.78, 5) is 0. The van der Waals surface area contributed by atoms with Gasteiger partial charge in [-0.1, -0.05) is 40.2 Å². The Bertz CT molecular complexity index is 700. The van der Waals surface area contributed by atoms with Crippen molar-refractivity contribution < 1.29 is 9.29 Å². The van der Waals surface area contributed by atoms with Crippen LogP contribution in [0.5, 0.6) is 0 Å². The molecule has 0 aromatic heterocycles. The van der Waals surface area contributed by atoms with Crippen LogP contribution in [0.2, 0.25) is 0 Å². The first-order valence-corrected chi connectivity index (χ1v) is 11.3. The van der Waals surface area contributed by atoms with E-state index in [1.165, 1.54) is 11.1 Å². The van der Waals surface area contributed by atoms with Crippen LogP contribution in [-0.2, 0) is 22.5 Å². The zero-order valence-corrected chi connectivity index (χ0v) is 19.0. The Morgan fingerprint density at radius 3 is 2.38 bits per heavy atom. The summed E-state index contributed by atoms with van der Waals surface area (Å²) in [6, 6.07) is 6.45. The van der Waals surface area contributed by atoms with Crippen LogP contribution in [-0.4, -0.2) is 28.2 Å². The summed E-state index contributed by atoms with van der Waals surface area (Å²) in [5.41, 5.74) is 3.52. The highest BCUT2D eigenvalue weighted by Gasteiger charge is 2.51. The van der Waals surface area contributed by atoms with E-state index in [1.807, 2.05) is 27.9 Å². The van der Waals surface area contributed by atoms with E-state index in [4.69, 9.17) is 9.13 Å². The van der Waals surface area contributed by atoms with Crippen LogP contribution in [0.3, 0.4) is 0 Å². The minimum Gasteiger partial charge on any atom is -0.591 e. The molecule has 1 aromatic rings. The minimum atomic E-state index is -1.26. The van der Waals surface area contributed by atoms with Gasteiger partial charge in [-0.3, -0.25) is 0 Å². The molecule has 0 N–H and O–H groups in total. The Morgan fingerprint density at radius 2 is 1.85 bits per heavy atom. The molecule has 0 heterocycles. The van der Waals surface area contributed by atoms with Gasteiger partial charge in [0, 0.05) is 22.6 Å². The van der Waals surface area contributed by atoms with Gasteiger partial charge >= 0.3 is 0 Å². The van der Waals surface area contributed by atoms with E-state index >= 15 is 0 Å². The maximum absolute atomic E-state index is 12.9. The molecule has 2 aliphatic carbocycles. The molecule has 5 atom stereocenters. The van der Waals surface area contributed by atoms with Crippen molar-refractivity contribution in [3.05, 3.63) is 33.8 Å². The third kappa shape index (κ3) is 3.65. The quantitative estimate of drug-likeness (QED) is 0.584. The highest BCUT2D eigenvalue weighted by atomic mass is 79.9. The largest absolute Gasteiger partial charge is 0.591 e. The van der Waals surface area contributed by atoms with Gasteiger partial charge in [0.05, 0.1) is 6.10 Å².